The Morgan fingerprint density at radius 2 is 1.90 bits per heavy atom. The van der Waals surface area contributed by atoms with Gasteiger partial charge in [0.15, 0.2) is 0 Å². The van der Waals surface area contributed by atoms with Crippen LogP contribution in [0.25, 0.3) is 0 Å². The third-order valence-electron chi connectivity index (χ3n) is 3.47. The number of anilines is 1. The summed E-state index contributed by atoms with van der Waals surface area (Å²) in [6.07, 6.45) is 0. The average Bonchev–Trinajstić information content (AvgIpc) is 2.74. The number of rotatable bonds is 3. The Bertz CT molecular complexity index is 742. The molecule has 1 heterocycles. The first-order valence-electron chi connectivity index (χ1n) is 6.39. The molecule has 1 amide bonds. The van der Waals surface area contributed by atoms with Crippen LogP contribution >= 0.6 is 0 Å². The zero-order valence-corrected chi connectivity index (χ0v) is 11.3. The number of halogens is 1. The van der Waals surface area contributed by atoms with Gasteiger partial charge in [0.25, 0.3) is 11.7 Å². The molecule has 0 aliphatic carbocycles. The fourth-order valence-corrected chi connectivity index (χ4v) is 2.35. The summed E-state index contributed by atoms with van der Waals surface area (Å²) in [5.74, 6) is -1.10. The van der Waals surface area contributed by atoms with Crippen molar-refractivity contribution in [1.29, 1.82) is 0 Å². The highest BCUT2D eigenvalue weighted by Gasteiger charge is 2.36. The normalized spacial score (nSPS) is 13.5. The van der Waals surface area contributed by atoms with Crippen LogP contribution in [0.15, 0.2) is 42.5 Å². The summed E-state index contributed by atoms with van der Waals surface area (Å²) in [4.78, 5) is 25.3. The molecule has 0 spiro atoms. The van der Waals surface area contributed by atoms with E-state index in [1.165, 1.54) is 18.1 Å². The zero-order valence-electron chi connectivity index (χ0n) is 11.3. The van der Waals surface area contributed by atoms with Crippen molar-refractivity contribution in [2.45, 2.75) is 6.54 Å². The molecular formula is C16H12FNO3. The lowest BCUT2D eigenvalue weighted by Gasteiger charge is -2.17. The van der Waals surface area contributed by atoms with E-state index in [1.54, 1.807) is 36.4 Å². The van der Waals surface area contributed by atoms with Gasteiger partial charge in [0, 0.05) is 11.6 Å². The first kappa shape index (κ1) is 13.3. The monoisotopic (exact) mass is 285 g/mol. The Hall–Kier alpha value is -2.69. The number of hydrogen-bond acceptors (Lipinski definition) is 3. The molecule has 0 saturated carbocycles. The van der Waals surface area contributed by atoms with Gasteiger partial charge in [-0.2, -0.15) is 0 Å². The van der Waals surface area contributed by atoms with Crippen LogP contribution in [0.3, 0.4) is 0 Å². The number of carbonyl (C=O) groups excluding carboxylic acids is 2. The fourth-order valence-electron chi connectivity index (χ4n) is 2.35. The van der Waals surface area contributed by atoms with Crippen LogP contribution in [0, 0.1) is 5.82 Å². The number of ketones is 1. The highest BCUT2D eigenvalue weighted by atomic mass is 19.1. The lowest BCUT2D eigenvalue weighted by atomic mass is 10.1. The van der Waals surface area contributed by atoms with Crippen molar-refractivity contribution in [2.75, 3.05) is 12.0 Å². The predicted octanol–water partition coefficient (Wildman–Crippen LogP) is 2.56. The summed E-state index contributed by atoms with van der Waals surface area (Å²) >= 11 is 0. The maximum Gasteiger partial charge on any atom is 0.299 e. The molecular weight excluding hydrogens is 273 g/mol. The molecule has 0 radical (unpaired) electrons. The lowest BCUT2D eigenvalue weighted by molar-refractivity contribution is -0.114. The Kier molecular flexibility index (Phi) is 3.17. The minimum absolute atomic E-state index is 0.0113. The van der Waals surface area contributed by atoms with Gasteiger partial charge < -0.3 is 9.64 Å². The van der Waals surface area contributed by atoms with Gasteiger partial charge >= 0.3 is 0 Å². The van der Waals surface area contributed by atoms with E-state index in [0.29, 0.717) is 22.6 Å². The van der Waals surface area contributed by atoms with Crippen LogP contribution in [-0.2, 0) is 11.3 Å². The van der Waals surface area contributed by atoms with Gasteiger partial charge in [-0.25, -0.2) is 4.39 Å². The van der Waals surface area contributed by atoms with Gasteiger partial charge in [0.2, 0.25) is 0 Å². The van der Waals surface area contributed by atoms with Crippen molar-refractivity contribution in [3.05, 3.63) is 59.4 Å². The zero-order chi connectivity index (χ0) is 15.0. The highest BCUT2D eigenvalue weighted by Crippen LogP contribution is 2.33. The number of hydrogen-bond donors (Lipinski definition) is 0. The number of carbonyl (C=O) groups is 2. The summed E-state index contributed by atoms with van der Waals surface area (Å²) in [5.41, 5.74) is 1.12. The van der Waals surface area contributed by atoms with E-state index in [0.717, 1.165) is 0 Å². The number of nitrogens with zero attached hydrogens (tertiary/aromatic N) is 1. The largest absolute Gasteiger partial charge is 0.497 e. The number of amides is 1. The van der Waals surface area contributed by atoms with E-state index in [2.05, 4.69) is 0 Å². The number of Topliss-reactive ketones (excluding diaryl/α,β-unsaturated/α-hetero) is 1. The van der Waals surface area contributed by atoms with Crippen LogP contribution in [0.2, 0.25) is 0 Å². The van der Waals surface area contributed by atoms with E-state index < -0.39 is 17.5 Å². The summed E-state index contributed by atoms with van der Waals surface area (Å²) in [6.45, 7) is 0.0113. The number of benzene rings is 2. The van der Waals surface area contributed by atoms with E-state index in [4.69, 9.17) is 4.74 Å². The number of fused-ring (bicyclic) bond motifs is 1. The van der Waals surface area contributed by atoms with Gasteiger partial charge in [-0.05, 0) is 18.2 Å². The number of methoxy groups -OCH3 is 1. The van der Waals surface area contributed by atoms with Crippen LogP contribution in [0.4, 0.5) is 10.1 Å². The molecule has 0 saturated heterocycles. The molecule has 0 unspecified atom stereocenters. The van der Waals surface area contributed by atoms with E-state index in [-0.39, 0.29) is 6.54 Å². The topological polar surface area (TPSA) is 46.6 Å². The maximum atomic E-state index is 13.7. The fraction of sp³-hybridized carbons (Fsp3) is 0.125. The molecule has 0 atom stereocenters. The molecule has 4 nitrogen and oxygen atoms in total. The minimum atomic E-state index is -0.651. The van der Waals surface area contributed by atoms with Crippen molar-refractivity contribution in [1.82, 2.24) is 0 Å². The van der Waals surface area contributed by atoms with Gasteiger partial charge in [-0.3, -0.25) is 9.59 Å². The molecule has 0 aromatic heterocycles. The summed E-state index contributed by atoms with van der Waals surface area (Å²) in [5, 5.41) is 0. The molecule has 106 valence electrons. The summed E-state index contributed by atoms with van der Waals surface area (Å²) in [7, 11) is 1.50. The van der Waals surface area contributed by atoms with Crippen LogP contribution in [-0.4, -0.2) is 18.8 Å². The summed E-state index contributed by atoms with van der Waals surface area (Å²) < 4.78 is 18.8. The standard InChI is InChI=1S/C16H12FNO3/c1-21-11-6-7-12-14(8-11)18(16(20)15(12)19)9-10-4-2-3-5-13(10)17/h2-8H,9H2,1H3. The smallest absolute Gasteiger partial charge is 0.299 e. The molecule has 0 N–H and O–H groups in total. The van der Waals surface area contributed by atoms with Gasteiger partial charge in [-0.1, -0.05) is 18.2 Å². The Morgan fingerprint density at radius 3 is 2.62 bits per heavy atom. The molecule has 0 bridgehead atoms. The maximum absolute atomic E-state index is 13.7. The van der Waals surface area contributed by atoms with Crippen molar-refractivity contribution >= 4 is 17.4 Å². The second-order valence-electron chi connectivity index (χ2n) is 4.69. The third kappa shape index (κ3) is 2.16. The van der Waals surface area contributed by atoms with Crippen molar-refractivity contribution in [3.8, 4) is 5.75 Å². The molecule has 1 aliphatic rings. The van der Waals surface area contributed by atoms with E-state index in [1.807, 2.05) is 0 Å². The first-order valence-corrected chi connectivity index (χ1v) is 6.39. The van der Waals surface area contributed by atoms with Crippen molar-refractivity contribution in [2.24, 2.45) is 0 Å². The minimum Gasteiger partial charge on any atom is -0.497 e. The molecule has 3 rings (SSSR count). The van der Waals surface area contributed by atoms with Crippen molar-refractivity contribution in [3.63, 3.8) is 0 Å². The van der Waals surface area contributed by atoms with Crippen LogP contribution in [0.1, 0.15) is 15.9 Å². The second-order valence-corrected chi connectivity index (χ2v) is 4.69. The van der Waals surface area contributed by atoms with Crippen LogP contribution in [0.5, 0.6) is 5.75 Å². The first-order chi connectivity index (χ1) is 10.1. The second kappa shape index (κ2) is 5.01. The third-order valence-corrected chi connectivity index (χ3v) is 3.47. The molecule has 2 aromatic carbocycles. The molecule has 2 aromatic rings. The van der Waals surface area contributed by atoms with Gasteiger partial charge in [0.1, 0.15) is 11.6 Å². The SMILES string of the molecule is COc1ccc2c(c1)N(Cc1ccccc1F)C(=O)C2=O. The Labute approximate surface area is 120 Å². The van der Waals surface area contributed by atoms with Gasteiger partial charge in [0.05, 0.1) is 24.9 Å². The molecule has 5 heteroatoms. The molecule has 0 fully saturated rings. The van der Waals surface area contributed by atoms with Crippen molar-refractivity contribution < 1.29 is 18.7 Å². The van der Waals surface area contributed by atoms with E-state index in [9.17, 15) is 14.0 Å². The average molecular weight is 285 g/mol. The summed E-state index contributed by atoms with van der Waals surface area (Å²) in [6, 6.07) is 11.0. The Morgan fingerprint density at radius 1 is 1.14 bits per heavy atom. The predicted molar refractivity (Wildman–Crippen MR) is 74.9 cm³/mol. The van der Waals surface area contributed by atoms with E-state index >= 15 is 0 Å². The highest BCUT2D eigenvalue weighted by molar-refractivity contribution is 6.52. The molecule has 1 aliphatic heterocycles. The lowest BCUT2D eigenvalue weighted by Crippen LogP contribution is -2.29. The quantitative estimate of drug-likeness (QED) is 0.814. The molecule has 21 heavy (non-hydrogen) atoms. The van der Waals surface area contributed by atoms with Gasteiger partial charge in [-0.15, -0.1) is 0 Å². The van der Waals surface area contributed by atoms with Crippen LogP contribution < -0.4 is 9.64 Å². The number of ether oxygens (including phenoxy) is 1. The Balaban J connectivity index is 2.02.